The van der Waals surface area contributed by atoms with Gasteiger partial charge in [0.25, 0.3) is 0 Å². The molecule has 0 aromatic rings. The summed E-state index contributed by atoms with van der Waals surface area (Å²) in [4.78, 5) is 11.4. The molecule has 0 bridgehead atoms. The average molecular weight is 192 g/mol. The number of carbonyl (C=O) groups excluding carboxylic acids is 1. The Morgan fingerprint density at radius 1 is 1.29 bits per heavy atom. The summed E-state index contributed by atoms with van der Waals surface area (Å²) in [7, 11) is 0. The van der Waals surface area contributed by atoms with E-state index in [0.29, 0.717) is 23.8 Å². The quantitative estimate of drug-likeness (QED) is 0.631. The fourth-order valence-corrected chi connectivity index (χ4v) is 2.36. The van der Waals surface area contributed by atoms with Gasteiger partial charge in [0.2, 0.25) is 5.91 Å². The second-order valence-electron chi connectivity index (χ2n) is 4.72. The minimum Gasteiger partial charge on any atom is -0.349 e. The highest BCUT2D eigenvalue weighted by atomic mass is 16.1. The highest BCUT2D eigenvalue weighted by molar-refractivity contribution is 5.88. The van der Waals surface area contributed by atoms with Crippen LogP contribution in [0, 0.1) is 17.8 Å². The molecule has 1 aliphatic heterocycles. The number of rotatable bonds is 3. The van der Waals surface area contributed by atoms with E-state index in [1.807, 2.05) is 6.08 Å². The van der Waals surface area contributed by atoms with Crippen LogP contribution < -0.4 is 10.6 Å². The topological polar surface area (TPSA) is 41.1 Å². The van der Waals surface area contributed by atoms with E-state index in [-0.39, 0.29) is 5.91 Å². The van der Waals surface area contributed by atoms with Gasteiger partial charge in [0.15, 0.2) is 0 Å². The molecule has 2 N–H and O–H groups in total. The third-order valence-electron chi connectivity index (χ3n) is 3.54. The van der Waals surface area contributed by atoms with Gasteiger partial charge in [0.1, 0.15) is 0 Å². The molecule has 0 aromatic carbocycles. The van der Waals surface area contributed by atoms with Crippen molar-refractivity contribution in [2.75, 3.05) is 13.1 Å². The maximum Gasteiger partial charge on any atom is 0.243 e. The third kappa shape index (κ3) is 1.57. The van der Waals surface area contributed by atoms with Crippen molar-refractivity contribution < 1.29 is 4.79 Å². The Balaban J connectivity index is 1.46. The molecule has 2 atom stereocenters. The minimum atomic E-state index is 0.108. The summed E-state index contributed by atoms with van der Waals surface area (Å²) in [6, 6.07) is 0.465. The van der Waals surface area contributed by atoms with E-state index < -0.39 is 0 Å². The van der Waals surface area contributed by atoms with Crippen LogP contribution in [0.4, 0.5) is 0 Å². The Hall–Kier alpha value is -0.830. The van der Waals surface area contributed by atoms with Crippen LogP contribution in [0.25, 0.3) is 0 Å². The van der Waals surface area contributed by atoms with E-state index >= 15 is 0 Å². The predicted octanol–water partition coefficient (Wildman–Crippen LogP) is 0.287. The normalized spacial score (nSPS) is 39.9. The lowest BCUT2D eigenvalue weighted by Gasteiger charge is -2.04. The van der Waals surface area contributed by atoms with Crippen molar-refractivity contribution in [3.05, 3.63) is 12.2 Å². The number of carbonyl (C=O) groups is 1. The van der Waals surface area contributed by atoms with Crippen molar-refractivity contribution >= 4 is 5.91 Å². The Morgan fingerprint density at radius 3 is 2.64 bits per heavy atom. The second kappa shape index (κ2) is 3.09. The number of amides is 1. The number of hydrogen-bond donors (Lipinski definition) is 2. The molecule has 2 saturated carbocycles. The van der Waals surface area contributed by atoms with Gasteiger partial charge in [-0.3, -0.25) is 4.79 Å². The van der Waals surface area contributed by atoms with Crippen LogP contribution >= 0.6 is 0 Å². The van der Waals surface area contributed by atoms with Gasteiger partial charge in [-0.15, -0.1) is 0 Å². The fourth-order valence-electron chi connectivity index (χ4n) is 2.36. The average Bonchev–Trinajstić information content (AvgIpc) is 3.05. The summed E-state index contributed by atoms with van der Waals surface area (Å²) in [5.74, 6) is 2.24. The monoisotopic (exact) mass is 192 g/mol. The van der Waals surface area contributed by atoms with Crippen LogP contribution in [0.15, 0.2) is 12.2 Å². The van der Waals surface area contributed by atoms with E-state index in [2.05, 4.69) is 10.6 Å². The van der Waals surface area contributed by atoms with Crippen molar-refractivity contribution in [3.8, 4) is 0 Å². The Bertz CT molecular complexity index is 273. The molecular formula is C11H16N2O. The van der Waals surface area contributed by atoms with Crippen LogP contribution in [0.3, 0.4) is 0 Å². The molecule has 3 rings (SSSR count). The number of hydrogen-bond acceptors (Lipinski definition) is 2. The van der Waals surface area contributed by atoms with Gasteiger partial charge in [-0.1, -0.05) is 6.08 Å². The van der Waals surface area contributed by atoms with Gasteiger partial charge in [-0.05, 0) is 36.7 Å². The molecule has 2 unspecified atom stereocenters. The van der Waals surface area contributed by atoms with Gasteiger partial charge in [0, 0.05) is 19.1 Å². The maximum atomic E-state index is 11.4. The molecule has 1 heterocycles. The highest BCUT2D eigenvalue weighted by Crippen LogP contribution is 2.41. The second-order valence-corrected chi connectivity index (χ2v) is 4.72. The van der Waals surface area contributed by atoms with E-state index in [0.717, 1.165) is 13.1 Å². The first-order valence-corrected chi connectivity index (χ1v) is 5.54. The standard InChI is InChI=1S/C11H16N2O/c14-10(4-3-7-1-2-7)13-11-8-5-12-6-9(8)11/h3-4,7-9,11-12H,1-2,5-6H2,(H,13,14)/b4-3+. The van der Waals surface area contributed by atoms with Crippen molar-refractivity contribution in [2.24, 2.45) is 17.8 Å². The molecule has 3 aliphatic rings. The van der Waals surface area contributed by atoms with E-state index in [4.69, 9.17) is 0 Å². The van der Waals surface area contributed by atoms with Crippen LogP contribution in [0.1, 0.15) is 12.8 Å². The van der Waals surface area contributed by atoms with Crippen LogP contribution in [0.2, 0.25) is 0 Å². The molecule has 3 fully saturated rings. The van der Waals surface area contributed by atoms with Crippen molar-refractivity contribution in [2.45, 2.75) is 18.9 Å². The van der Waals surface area contributed by atoms with Crippen molar-refractivity contribution in [3.63, 3.8) is 0 Å². The summed E-state index contributed by atoms with van der Waals surface area (Å²) in [6.07, 6.45) is 6.30. The van der Waals surface area contributed by atoms with Gasteiger partial charge in [-0.25, -0.2) is 0 Å². The Morgan fingerprint density at radius 2 is 2.00 bits per heavy atom. The maximum absolute atomic E-state index is 11.4. The van der Waals surface area contributed by atoms with Crippen molar-refractivity contribution in [1.82, 2.24) is 10.6 Å². The number of piperidine rings is 1. The molecule has 2 aliphatic carbocycles. The van der Waals surface area contributed by atoms with Gasteiger partial charge in [0.05, 0.1) is 0 Å². The van der Waals surface area contributed by atoms with Gasteiger partial charge < -0.3 is 10.6 Å². The number of allylic oxidation sites excluding steroid dienone is 1. The minimum absolute atomic E-state index is 0.108. The van der Waals surface area contributed by atoms with Crippen LogP contribution in [-0.4, -0.2) is 25.0 Å². The fraction of sp³-hybridized carbons (Fsp3) is 0.727. The lowest BCUT2D eigenvalue weighted by molar-refractivity contribution is -0.116. The Kier molecular flexibility index (Phi) is 1.87. The smallest absolute Gasteiger partial charge is 0.243 e. The molecule has 0 aromatic heterocycles. The zero-order valence-corrected chi connectivity index (χ0v) is 8.20. The molecule has 14 heavy (non-hydrogen) atoms. The summed E-state index contributed by atoms with van der Waals surface area (Å²) >= 11 is 0. The third-order valence-corrected chi connectivity index (χ3v) is 3.54. The predicted molar refractivity (Wildman–Crippen MR) is 53.6 cm³/mol. The summed E-state index contributed by atoms with van der Waals surface area (Å²) in [6.45, 7) is 2.17. The van der Waals surface area contributed by atoms with Crippen molar-refractivity contribution in [1.29, 1.82) is 0 Å². The first kappa shape index (κ1) is 8.48. The van der Waals surface area contributed by atoms with Gasteiger partial charge in [-0.2, -0.15) is 0 Å². The molecular weight excluding hydrogens is 176 g/mol. The molecule has 1 saturated heterocycles. The first-order chi connectivity index (χ1) is 6.84. The molecule has 3 heteroatoms. The lowest BCUT2D eigenvalue weighted by atomic mass is 10.3. The van der Waals surface area contributed by atoms with Crippen LogP contribution in [0.5, 0.6) is 0 Å². The zero-order chi connectivity index (χ0) is 9.54. The molecule has 1 amide bonds. The lowest BCUT2D eigenvalue weighted by Crippen LogP contribution is -2.31. The summed E-state index contributed by atoms with van der Waals surface area (Å²) in [5, 5.41) is 6.39. The van der Waals surface area contributed by atoms with E-state index in [9.17, 15) is 4.79 Å². The largest absolute Gasteiger partial charge is 0.349 e. The summed E-state index contributed by atoms with van der Waals surface area (Å²) in [5.41, 5.74) is 0. The zero-order valence-electron chi connectivity index (χ0n) is 8.20. The molecule has 3 nitrogen and oxygen atoms in total. The molecule has 76 valence electrons. The SMILES string of the molecule is O=C(/C=C/C1CC1)NC1C2CNCC21. The number of nitrogens with one attached hydrogen (secondary N) is 2. The first-order valence-electron chi connectivity index (χ1n) is 5.54. The molecule has 0 radical (unpaired) electrons. The highest BCUT2D eigenvalue weighted by Gasteiger charge is 2.53. The Labute approximate surface area is 83.9 Å². The van der Waals surface area contributed by atoms with Crippen LogP contribution in [-0.2, 0) is 4.79 Å². The van der Waals surface area contributed by atoms with Gasteiger partial charge >= 0.3 is 0 Å². The van der Waals surface area contributed by atoms with E-state index in [1.165, 1.54) is 12.8 Å². The summed E-state index contributed by atoms with van der Waals surface area (Å²) < 4.78 is 0. The van der Waals surface area contributed by atoms with E-state index in [1.54, 1.807) is 6.08 Å². The molecule has 0 spiro atoms. The number of fused-ring (bicyclic) bond motifs is 1.